The van der Waals surface area contributed by atoms with Crippen LogP contribution in [0.25, 0.3) is 0 Å². The summed E-state index contributed by atoms with van der Waals surface area (Å²) in [6.45, 7) is 0.875. The highest BCUT2D eigenvalue weighted by Crippen LogP contribution is 2.18. The summed E-state index contributed by atoms with van der Waals surface area (Å²) < 4.78 is 5.24. The number of amides is 1. The van der Waals surface area contributed by atoms with E-state index >= 15 is 0 Å². The Balaban J connectivity index is 1.63. The molecular weight excluding hydrogens is 348 g/mol. The number of aryl methyl sites for hydroxylation is 1. The second-order valence-corrected chi connectivity index (χ2v) is 6.72. The van der Waals surface area contributed by atoms with E-state index in [-0.39, 0.29) is 11.9 Å². The number of carbonyl (C=O) groups is 1. The Kier molecular flexibility index (Phi) is 7.21. The SMILES string of the molecule is COc1cccc(NC(=O)[C@@H]([NH2+]CCCc2ccccc2)c2ccccc2)c1. The summed E-state index contributed by atoms with van der Waals surface area (Å²) in [6.07, 6.45) is 2.02. The lowest BCUT2D eigenvalue weighted by Crippen LogP contribution is -2.87. The minimum Gasteiger partial charge on any atom is -0.497 e. The molecule has 144 valence electrons. The van der Waals surface area contributed by atoms with Crippen LogP contribution in [-0.4, -0.2) is 19.6 Å². The zero-order valence-electron chi connectivity index (χ0n) is 16.2. The van der Waals surface area contributed by atoms with Crippen LogP contribution in [0.2, 0.25) is 0 Å². The lowest BCUT2D eigenvalue weighted by molar-refractivity contribution is -0.682. The van der Waals surface area contributed by atoms with Gasteiger partial charge in [-0.05, 0) is 24.1 Å². The van der Waals surface area contributed by atoms with Crippen molar-refractivity contribution in [2.75, 3.05) is 19.0 Å². The highest BCUT2D eigenvalue weighted by molar-refractivity contribution is 5.94. The van der Waals surface area contributed by atoms with Crippen LogP contribution in [0.15, 0.2) is 84.9 Å². The topological polar surface area (TPSA) is 54.9 Å². The van der Waals surface area contributed by atoms with Gasteiger partial charge >= 0.3 is 0 Å². The number of hydrogen-bond acceptors (Lipinski definition) is 2. The number of benzene rings is 3. The van der Waals surface area contributed by atoms with E-state index < -0.39 is 0 Å². The molecule has 0 bridgehead atoms. The molecule has 1 amide bonds. The van der Waals surface area contributed by atoms with Crippen LogP contribution in [-0.2, 0) is 11.2 Å². The molecular formula is C24H27N2O2+. The molecule has 3 aromatic carbocycles. The van der Waals surface area contributed by atoms with E-state index in [9.17, 15) is 4.79 Å². The van der Waals surface area contributed by atoms with Gasteiger partial charge < -0.3 is 15.4 Å². The van der Waals surface area contributed by atoms with Crippen LogP contribution < -0.4 is 15.4 Å². The first-order chi connectivity index (χ1) is 13.8. The smallest absolute Gasteiger partial charge is 0.287 e. The summed E-state index contributed by atoms with van der Waals surface area (Å²) in [4.78, 5) is 13.0. The van der Waals surface area contributed by atoms with Gasteiger partial charge in [0, 0.05) is 23.7 Å². The first kappa shape index (κ1) is 19.6. The quantitative estimate of drug-likeness (QED) is 0.562. The fourth-order valence-corrected chi connectivity index (χ4v) is 3.21. The van der Waals surface area contributed by atoms with Gasteiger partial charge in [0.1, 0.15) is 5.75 Å². The van der Waals surface area contributed by atoms with E-state index in [4.69, 9.17) is 4.74 Å². The maximum Gasteiger partial charge on any atom is 0.287 e. The molecule has 0 aromatic heterocycles. The molecule has 4 heteroatoms. The molecule has 28 heavy (non-hydrogen) atoms. The summed E-state index contributed by atoms with van der Waals surface area (Å²) in [7, 11) is 1.62. The molecule has 0 heterocycles. The summed E-state index contributed by atoms with van der Waals surface area (Å²) in [5.74, 6) is 0.695. The van der Waals surface area contributed by atoms with Crippen molar-refractivity contribution in [1.82, 2.24) is 0 Å². The lowest BCUT2D eigenvalue weighted by atomic mass is 10.1. The third-order valence-electron chi connectivity index (χ3n) is 4.69. The monoisotopic (exact) mass is 375 g/mol. The van der Waals surface area contributed by atoms with E-state index in [0.717, 1.165) is 36.4 Å². The summed E-state index contributed by atoms with van der Waals surface area (Å²) >= 11 is 0. The molecule has 0 saturated heterocycles. The zero-order valence-corrected chi connectivity index (χ0v) is 16.2. The third kappa shape index (κ3) is 5.69. The van der Waals surface area contributed by atoms with Crippen molar-refractivity contribution in [1.29, 1.82) is 0 Å². The van der Waals surface area contributed by atoms with Gasteiger partial charge in [0.05, 0.1) is 13.7 Å². The minimum atomic E-state index is -0.289. The molecule has 0 spiro atoms. The van der Waals surface area contributed by atoms with Crippen molar-refractivity contribution in [3.63, 3.8) is 0 Å². The molecule has 3 rings (SSSR count). The van der Waals surface area contributed by atoms with Crippen LogP contribution in [0.5, 0.6) is 5.75 Å². The lowest BCUT2D eigenvalue weighted by Gasteiger charge is -2.16. The first-order valence-corrected chi connectivity index (χ1v) is 9.63. The molecule has 0 aliphatic rings. The molecule has 0 aliphatic heterocycles. The predicted octanol–water partition coefficient (Wildman–Crippen LogP) is 3.57. The van der Waals surface area contributed by atoms with Gasteiger partial charge in [-0.25, -0.2) is 0 Å². The van der Waals surface area contributed by atoms with Crippen molar-refractivity contribution in [3.8, 4) is 5.75 Å². The van der Waals surface area contributed by atoms with Gasteiger partial charge in [-0.1, -0.05) is 66.7 Å². The molecule has 0 aliphatic carbocycles. The van der Waals surface area contributed by atoms with Crippen molar-refractivity contribution in [2.45, 2.75) is 18.9 Å². The predicted molar refractivity (Wildman–Crippen MR) is 112 cm³/mol. The van der Waals surface area contributed by atoms with Crippen molar-refractivity contribution in [2.24, 2.45) is 0 Å². The molecule has 4 nitrogen and oxygen atoms in total. The molecule has 1 atom stereocenters. The first-order valence-electron chi connectivity index (χ1n) is 9.63. The summed E-state index contributed by atoms with van der Waals surface area (Å²) in [5, 5.41) is 5.14. The van der Waals surface area contributed by atoms with Crippen LogP contribution in [0, 0.1) is 0 Å². The van der Waals surface area contributed by atoms with E-state index in [1.165, 1.54) is 5.56 Å². The van der Waals surface area contributed by atoms with Gasteiger partial charge in [0.15, 0.2) is 6.04 Å². The average Bonchev–Trinajstić information content (AvgIpc) is 2.75. The van der Waals surface area contributed by atoms with Crippen molar-refractivity contribution >= 4 is 11.6 Å². The average molecular weight is 375 g/mol. The number of hydrogen-bond donors (Lipinski definition) is 2. The highest BCUT2D eigenvalue weighted by Gasteiger charge is 2.23. The summed E-state index contributed by atoms with van der Waals surface area (Å²) in [5.41, 5.74) is 3.07. The number of quaternary nitrogens is 1. The molecule has 0 fully saturated rings. The van der Waals surface area contributed by atoms with E-state index in [2.05, 4.69) is 34.9 Å². The molecule has 0 radical (unpaired) electrons. The van der Waals surface area contributed by atoms with Gasteiger partial charge in [0.2, 0.25) is 0 Å². The van der Waals surface area contributed by atoms with Gasteiger partial charge in [-0.15, -0.1) is 0 Å². The second-order valence-electron chi connectivity index (χ2n) is 6.72. The number of rotatable bonds is 9. The number of anilines is 1. The Hall–Kier alpha value is -3.11. The Morgan fingerprint density at radius 1 is 0.964 bits per heavy atom. The normalized spacial score (nSPS) is 11.6. The Bertz CT molecular complexity index is 866. The fraction of sp³-hybridized carbons (Fsp3) is 0.208. The fourth-order valence-electron chi connectivity index (χ4n) is 3.21. The largest absolute Gasteiger partial charge is 0.497 e. The van der Waals surface area contributed by atoms with E-state index in [1.54, 1.807) is 7.11 Å². The highest BCUT2D eigenvalue weighted by atomic mass is 16.5. The minimum absolute atomic E-state index is 0.0286. The zero-order chi connectivity index (χ0) is 19.6. The third-order valence-corrected chi connectivity index (χ3v) is 4.69. The number of carbonyl (C=O) groups excluding carboxylic acids is 1. The van der Waals surface area contributed by atoms with Crippen LogP contribution in [0.4, 0.5) is 5.69 Å². The summed E-state index contributed by atoms with van der Waals surface area (Å²) in [6, 6.07) is 27.5. The van der Waals surface area contributed by atoms with Gasteiger partial charge in [-0.2, -0.15) is 0 Å². The standard InChI is InChI=1S/C24H26N2O2/c1-28-22-16-8-15-21(18-22)26-24(27)23(20-13-6-3-7-14-20)25-17-9-12-19-10-4-2-5-11-19/h2-8,10-11,13-16,18,23,25H,9,12,17H2,1H3,(H,26,27)/p+1/t23-/m0/s1. The Labute approximate surface area is 166 Å². The van der Waals surface area contributed by atoms with Crippen LogP contribution in [0.1, 0.15) is 23.6 Å². The maximum atomic E-state index is 13.0. The van der Waals surface area contributed by atoms with E-state index in [1.807, 2.05) is 60.7 Å². The number of ether oxygens (including phenoxy) is 1. The van der Waals surface area contributed by atoms with Crippen LogP contribution >= 0.6 is 0 Å². The molecule has 0 unspecified atom stereocenters. The van der Waals surface area contributed by atoms with Gasteiger partial charge in [0.25, 0.3) is 5.91 Å². The molecule has 0 saturated carbocycles. The number of methoxy groups -OCH3 is 1. The van der Waals surface area contributed by atoms with Gasteiger partial charge in [-0.3, -0.25) is 4.79 Å². The van der Waals surface area contributed by atoms with E-state index in [0.29, 0.717) is 0 Å². The van der Waals surface area contributed by atoms with Crippen LogP contribution in [0.3, 0.4) is 0 Å². The second kappa shape index (κ2) is 10.3. The number of nitrogens with one attached hydrogen (secondary N) is 1. The van der Waals surface area contributed by atoms with Crippen molar-refractivity contribution in [3.05, 3.63) is 96.1 Å². The Morgan fingerprint density at radius 3 is 2.39 bits per heavy atom. The Morgan fingerprint density at radius 2 is 1.68 bits per heavy atom. The van der Waals surface area contributed by atoms with Crippen molar-refractivity contribution < 1.29 is 14.8 Å². The number of nitrogens with two attached hydrogens (primary N) is 1. The maximum absolute atomic E-state index is 13.0. The molecule has 3 N–H and O–H groups in total. The molecule has 3 aromatic rings.